The van der Waals surface area contributed by atoms with Crippen molar-refractivity contribution >= 4 is 5.96 Å². The zero-order chi connectivity index (χ0) is 18.4. The average Bonchev–Trinajstić information content (AvgIpc) is 3.01. The third kappa shape index (κ3) is 4.63. The molecule has 1 saturated carbocycles. The summed E-state index contributed by atoms with van der Waals surface area (Å²) in [7, 11) is 1.99. The molecule has 1 saturated heterocycles. The van der Waals surface area contributed by atoms with Gasteiger partial charge in [0.1, 0.15) is 12.4 Å². The second-order valence-corrected chi connectivity index (χ2v) is 7.35. The number of nitrogens with one attached hydrogen (secondary N) is 1. The van der Waals surface area contributed by atoms with Crippen molar-refractivity contribution in [2.75, 3.05) is 32.7 Å². The lowest BCUT2D eigenvalue weighted by atomic mass is 9.94. The van der Waals surface area contributed by atoms with Gasteiger partial charge in [-0.15, -0.1) is 16.8 Å². The van der Waals surface area contributed by atoms with Crippen molar-refractivity contribution in [3.05, 3.63) is 24.3 Å². The standard InChI is InChI=1S/C19H33N7/c1-4-10-20-19(21-15-18-23-22-16(2)24(18)3)26-13-11-25(12-14-26)17-8-6-5-7-9-17/h4,17H,1,5-15H2,2-3H3,(H,20,21). The highest BCUT2D eigenvalue weighted by Crippen LogP contribution is 2.23. The van der Waals surface area contributed by atoms with Crippen LogP contribution in [0.1, 0.15) is 43.8 Å². The minimum absolute atomic E-state index is 0.541. The van der Waals surface area contributed by atoms with E-state index < -0.39 is 0 Å². The fraction of sp³-hybridized carbons (Fsp3) is 0.737. The molecule has 0 aromatic carbocycles. The van der Waals surface area contributed by atoms with Crippen LogP contribution in [0.15, 0.2) is 17.6 Å². The zero-order valence-corrected chi connectivity index (χ0v) is 16.3. The van der Waals surface area contributed by atoms with Crippen LogP contribution in [0, 0.1) is 6.92 Å². The number of aryl methyl sites for hydroxylation is 1. The summed E-state index contributed by atoms with van der Waals surface area (Å²) in [5.74, 6) is 2.76. The number of piperazine rings is 1. The average molecular weight is 360 g/mol. The number of guanidine groups is 1. The molecule has 1 aliphatic carbocycles. The number of rotatable bonds is 5. The van der Waals surface area contributed by atoms with Crippen LogP contribution in [-0.4, -0.2) is 69.3 Å². The molecule has 0 spiro atoms. The second kappa shape index (κ2) is 9.16. The molecule has 1 aliphatic heterocycles. The Morgan fingerprint density at radius 1 is 1.19 bits per heavy atom. The third-order valence-electron chi connectivity index (χ3n) is 5.66. The molecule has 3 rings (SSSR count). The van der Waals surface area contributed by atoms with E-state index in [0.29, 0.717) is 6.54 Å². The smallest absolute Gasteiger partial charge is 0.194 e. The highest BCUT2D eigenvalue weighted by Gasteiger charge is 2.26. The number of aliphatic imine (C=N–C) groups is 1. The minimum Gasteiger partial charge on any atom is -0.353 e. The van der Waals surface area contributed by atoms with E-state index in [1.54, 1.807) is 0 Å². The highest BCUT2D eigenvalue weighted by molar-refractivity contribution is 5.80. The van der Waals surface area contributed by atoms with Crippen molar-refractivity contribution in [1.82, 2.24) is 29.9 Å². The van der Waals surface area contributed by atoms with Crippen molar-refractivity contribution in [2.24, 2.45) is 12.0 Å². The lowest BCUT2D eigenvalue weighted by molar-refractivity contribution is 0.106. The third-order valence-corrected chi connectivity index (χ3v) is 5.66. The summed E-state index contributed by atoms with van der Waals surface area (Å²) in [6, 6.07) is 0.800. The topological polar surface area (TPSA) is 61.6 Å². The van der Waals surface area contributed by atoms with Gasteiger partial charge in [-0.05, 0) is 19.8 Å². The molecule has 0 atom stereocenters. The molecule has 2 heterocycles. The summed E-state index contributed by atoms with van der Waals surface area (Å²) in [4.78, 5) is 9.86. The maximum atomic E-state index is 4.81. The number of nitrogens with zero attached hydrogens (tertiary/aromatic N) is 6. The molecule has 2 fully saturated rings. The van der Waals surface area contributed by atoms with Gasteiger partial charge < -0.3 is 14.8 Å². The fourth-order valence-electron chi connectivity index (χ4n) is 3.91. The molecular weight excluding hydrogens is 326 g/mol. The van der Waals surface area contributed by atoms with Crippen molar-refractivity contribution < 1.29 is 0 Å². The summed E-state index contributed by atoms with van der Waals surface area (Å²) in [6.45, 7) is 11.3. The minimum atomic E-state index is 0.541. The Balaban J connectivity index is 1.59. The van der Waals surface area contributed by atoms with Gasteiger partial charge in [0.25, 0.3) is 0 Å². The Hall–Kier alpha value is -1.89. The number of hydrogen-bond acceptors (Lipinski definition) is 4. The van der Waals surface area contributed by atoms with Crippen molar-refractivity contribution in [3.8, 4) is 0 Å². The second-order valence-electron chi connectivity index (χ2n) is 7.35. The van der Waals surface area contributed by atoms with E-state index in [0.717, 1.165) is 56.4 Å². The van der Waals surface area contributed by atoms with Crippen LogP contribution in [-0.2, 0) is 13.6 Å². The summed E-state index contributed by atoms with van der Waals surface area (Å²) in [5, 5.41) is 11.7. The van der Waals surface area contributed by atoms with Gasteiger partial charge in [0, 0.05) is 45.8 Å². The van der Waals surface area contributed by atoms with Crippen LogP contribution in [0.2, 0.25) is 0 Å². The zero-order valence-electron chi connectivity index (χ0n) is 16.3. The van der Waals surface area contributed by atoms with Crippen LogP contribution in [0.4, 0.5) is 0 Å². The van der Waals surface area contributed by atoms with E-state index in [4.69, 9.17) is 4.99 Å². The quantitative estimate of drug-likeness (QED) is 0.493. The lowest BCUT2D eigenvalue weighted by Gasteiger charge is -2.41. The Morgan fingerprint density at radius 3 is 2.54 bits per heavy atom. The predicted octanol–water partition coefficient (Wildman–Crippen LogP) is 1.71. The van der Waals surface area contributed by atoms with Crippen molar-refractivity contribution in [1.29, 1.82) is 0 Å². The summed E-state index contributed by atoms with van der Waals surface area (Å²) in [6.07, 6.45) is 8.84. The fourth-order valence-corrected chi connectivity index (χ4v) is 3.91. The highest BCUT2D eigenvalue weighted by atomic mass is 15.4. The molecule has 1 aromatic rings. The monoisotopic (exact) mass is 359 g/mol. The first-order valence-corrected chi connectivity index (χ1v) is 9.92. The number of aromatic nitrogens is 3. The molecule has 0 radical (unpaired) electrons. The molecule has 7 heteroatoms. The normalized spacial score (nSPS) is 20.4. The van der Waals surface area contributed by atoms with Gasteiger partial charge >= 0.3 is 0 Å². The van der Waals surface area contributed by atoms with E-state index in [-0.39, 0.29) is 0 Å². The van der Waals surface area contributed by atoms with Gasteiger partial charge in [-0.25, -0.2) is 4.99 Å². The van der Waals surface area contributed by atoms with E-state index in [9.17, 15) is 0 Å². The van der Waals surface area contributed by atoms with Crippen LogP contribution in [0.3, 0.4) is 0 Å². The molecule has 26 heavy (non-hydrogen) atoms. The maximum Gasteiger partial charge on any atom is 0.194 e. The summed E-state index contributed by atoms with van der Waals surface area (Å²) < 4.78 is 2.00. The van der Waals surface area contributed by atoms with Crippen molar-refractivity contribution in [2.45, 2.75) is 51.6 Å². The molecule has 7 nitrogen and oxygen atoms in total. The predicted molar refractivity (Wildman–Crippen MR) is 105 cm³/mol. The van der Waals surface area contributed by atoms with Crippen LogP contribution in [0.25, 0.3) is 0 Å². The molecule has 1 N–H and O–H groups in total. The molecule has 0 bridgehead atoms. The Labute approximate surface area is 157 Å². The van der Waals surface area contributed by atoms with Gasteiger partial charge in [0.15, 0.2) is 11.8 Å². The van der Waals surface area contributed by atoms with Gasteiger partial charge in [0.05, 0.1) is 0 Å². The van der Waals surface area contributed by atoms with Crippen LogP contribution < -0.4 is 5.32 Å². The van der Waals surface area contributed by atoms with Gasteiger partial charge in [0.2, 0.25) is 0 Å². The van der Waals surface area contributed by atoms with E-state index in [1.807, 2.05) is 24.6 Å². The maximum absolute atomic E-state index is 4.81. The number of hydrogen-bond donors (Lipinski definition) is 1. The largest absolute Gasteiger partial charge is 0.353 e. The van der Waals surface area contributed by atoms with E-state index in [2.05, 4.69) is 31.9 Å². The molecule has 0 amide bonds. The lowest BCUT2D eigenvalue weighted by Crippen LogP contribution is -2.55. The van der Waals surface area contributed by atoms with E-state index in [1.165, 1.54) is 32.1 Å². The molecule has 1 aromatic heterocycles. The first-order chi connectivity index (χ1) is 12.7. The molecule has 0 unspecified atom stereocenters. The van der Waals surface area contributed by atoms with Crippen LogP contribution in [0.5, 0.6) is 0 Å². The van der Waals surface area contributed by atoms with Gasteiger partial charge in [-0.2, -0.15) is 0 Å². The first-order valence-electron chi connectivity index (χ1n) is 9.92. The Morgan fingerprint density at radius 2 is 1.92 bits per heavy atom. The van der Waals surface area contributed by atoms with Gasteiger partial charge in [-0.1, -0.05) is 25.3 Å². The van der Waals surface area contributed by atoms with Crippen LogP contribution >= 0.6 is 0 Å². The summed E-state index contributed by atoms with van der Waals surface area (Å²) in [5.41, 5.74) is 0. The van der Waals surface area contributed by atoms with E-state index >= 15 is 0 Å². The molecular formula is C19H33N7. The SMILES string of the molecule is C=CCNC(=NCc1nnc(C)n1C)N1CCN(C2CCCCC2)CC1. The van der Waals surface area contributed by atoms with Crippen molar-refractivity contribution in [3.63, 3.8) is 0 Å². The molecule has 2 aliphatic rings. The van der Waals surface area contributed by atoms with Gasteiger partial charge in [-0.3, -0.25) is 4.90 Å². The Kier molecular flexibility index (Phi) is 6.66. The first kappa shape index (κ1) is 18.9. The summed E-state index contributed by atoms with van der Waals surface area (Å²) >= 11 is 0. The molecule has 144 valence electrons. The Bertz CT molecular complexity index is 607.